The van der Waals surface area contributed by atoms with Crippen LogP contribution in [0.25, 0.3) is 0 Å². The third-order valence-electron chi connectivity index (χ3n) is 4.80. The SMILES string of the molecule is O=C(O)CCCCCCCCCCCCCCCOC(=O)CCCCC(=O)Cl. The molecule has 5 nitrogen and oxygen atoms in total. The third-order valence-corrected chi connectivity index (χ3v) is 4.99. The molecule has 0 aliphatic rings. The molecule has 0 aliphatic carbocycles. The summed E-state index contributed by atoms with van der Waals surface area (Å²) in [6, 6.07) is 0. The van der Waals surface area contributed by atoms with E-state index < -0.39 is 5.97 Å². The second-order valence-electron chi connectivity index (χ2n) is 7.52. The zero-order valence-corrected chi connectivity index (χ0v) is 18.1. The van der Waals surface area contributed by atoms with Crippen LogP contribution in [-0.4, -0.2) is 28.9 Å². The summed E-state index contributed by atoms with van der Waals surface area (Å²) in [4.78, 5) is 32.4. The Hall–Kier alpha value is -1.10. The van der Waals surface area contributed by atoms with Crippen molar-refractivity contribution in [3.63, 3.8) is 0 Å². The van der Waals surface area contributed by atoms with Gasteiger partial charge in [-0.1, -0.05) is 70.6 Å². The summed E-state index contributed by atoms with van der Waals surface area (Å²) >= 11 is 5.24. The summed E-state index contributed by atoms with van der Waals surface area (Å²) in [5.41, 5.74) is 0. The van der Waals surface area contributed by atoms with Crippen molar-refractivity contribution in [2.45, 2.75) is 116 Å². The van der Waals surface area contributed by atoms with Gasteiger partial charge in [-0.25, -0.2) is 0 Å². The summed E-state index contributed by atoms with van der Waals surface area (Å²) in [5.74, 6) is -0.863. The maximum absolute atomic E-state index is 11.5. The van der Waals surface area contributed by atoms with Gasteiger partial charge in [0.2, 0.25) is 5.24 Å². The lowest BCUT2D eigenvalue weighted by molar-refractivity contribution is -0.144. The van der Waals surface area contributed by atoms with Crippen molar-refractivity contribution in [2.75, 3.05) is 6.61 Å². The van der Waals surface area contributed by atoms with Crippen LogP contribution in [-0.2, 0) is 19.1 Å². The normalized spacial score (nSPS) is 10.8. The van der Waals surface area contributed by atoms with Gasteiger partial charge in [-0.15, -0.1) is 0 Å². The molecule has 6 heteroatoms. The number of carboxylic acid groups (broad SMARTS) is 1. The zero-order chi connectivity index (χ0) is 20.9. The number of unbranched alkanes of at least 4 members (excludes halogenated alkanes) is 13. The van der Waals surface area contributed by atoms with Gasteiger partial charge >= 0.3 is 11.9 Å². The molecule has 28 heavy (non-hydrogen) atoms. The number of rotatable bonds is 21. The fraction of sp³-hybridized carbons (Fsp3) is 0.864. The molecular formula is C22H39ClO5. The lowest BCUT2D eigenvalue weighted by Gasteiger charge is -2.05. The molecule has 0 aliphatic heterocycles. The number of ether oxygens (including phenoxy) is 1. The predicted octanol–water partition coefficient (Wildman–Crippen LogP) is 6.40. The number of carboxylic acids is 1. The van der Waals surface area contributed by atoms with Crippen molar-refractivity contribution in [3.05, 3.63) is 0 Å². The average Bonchev–Trinajstić information content (AvgIpc) is 2.64. The summed E-state index contributed by atoms with van der Waals surface area (Å²) in [7, 11) is 0. The topological polar surface area (TPSA) is 80.7 Å². The summed E-state index contributed by atoms with van der Waals surface area (Å²) in [6.45, 7) is 0.500. The Kier molecular flexibility index (Phi) is 19.8. The monoisotopic (exact) mass is 418 g/mol. The Morgan fingerprint density at radius 3 is 1.43 bits per heavy atom. The van der Waals surface area contributed by atoms with Gasteiger partial charge < -0.3 is 9.84 Å². The minimum absolute atomic E-state index is 0.177. The average molecular weight is 419 g/mol. The maximum Gasteiger partial charge on any atom is 0.305 e. The number of carbonyl (C=O) groups is 3. The largest absolute Gasteiger partial charge is 0.481 e. The van der Waals surface area contributed by atoms with Crippen LogP contribution in [0.5, 0.6) is 0 Å². The van der Waals surface area contributed by atoms with Gasteiger partial charge in [-0.05, 0) is 37.3 Å². The van der Waals surface area contributed by atoms with Crippen LogP contribution < -0.4 is 0 Å². The van der Waals surface area contributed by atoms with Crippen LogP contribution in [0.15, 0.2) is 0 Å². The summed E-state index contributed by atoms with van der Waals surface area (Å²) < 4.78 is 5.18. The van der Waals surface area contributed by atoms with E-state index in [1.807, 2.05) is 0 Å². The Bertz CT molecular complexity index is 412. The van der Waals surface area contributed by atoms with E-state index in [1.54, 1.807) is 0 Å². The third kappa shape index (κ3) is 22.9. The molecule has 0 rings (SSSR count). The first-order chi connectivity index (χ1) is 13.5. The molecule has 0 aromatic heterocycles. The molecule has 0 amide bonds. The standard InChI is InChI=1S/C22H39ClO5/c23-20(24)16-13-14-18-22(27)28-19-15-11-9-7-5-3-1-2-4-6-8-10-12-17-21(25)26/h1-19H2,(H,25,26). The first kappa shape index (κ1) is 26.9. The van der Waals surface area contributed by atoms with E-state index in [0.717, 1.165) is 32.1 Å². The van der Waals surface area contributed by atoms with Crippen molar-refractivity contribution in [3.8, 4) is 0 Å². The quantitative estimate of drug-likeness (QED) is 0.132. The Labute approximate surface area is 175 Å². The minimum Gasteiger partial charge on any atom is -0.481 e. The highest BCUT2D eigenvalue weighted by atomic mass is 35.5. The molecule has 0 heterocycles. The Morgan fingerprint density at radius 2 is 0.964 bits per heavy atom. The van der Waals surface area contributed by atoms with Crippen LogP contribution in [0.4, 0.5) is 0 Å². The van der Waals surface area contributed by atoms with Crippen molar-refractivity contribution >= 4 is 28.8 Å². The van der Waals surface area contributed by atoms with E-state index >= 15 is 0 Å². The fourth-order valence-electron chi connectivity index (χ4n) is 3.11. The number of halogens is 1. The number of hydrogen-bond donors (Lipinski definition) is 1. The maximum atomic E-state index is 11.5. The molecule has 0 saturated carbocycles. The highest BCUT2D eigenvalue weighted by Gasteiger charge is 2.03. The second-order valence-corrected chi connectivity index (χ2v) is 7.94. The van der Waals surface area contributed by atoms with Crippen LogP contribution >= 0.6 is 11.6 Å². The second kappa shape index (κ2) is 20.6. The van der Waals surface area contributed by atoms with E-state index in [0.29, 0.717) is 38.7 Å². The molecule has 1 N–H and O–H groups in total. The van der Waals surface area contributed by atoms with Crippen LogP contribution in [0, 0.1) is 0 Å². The van der Waals surface area contributed by atoms with E-state index in [2.05, 4.69) is 0 Å². The van der Waals surface area contributed by atoms with Crippen molar-refractivity contribution < 1.29 is 24.2 Å². The highest BCUT2D eigenvalue weighted by Crippen LogP contribution is 2.13. The van der Waals surface area contributed by atoms with E-state index in [4.69, 9.17) is 21.4 Å². The van der Waals surface area contributed by atoms with Crippen molar-refractivity contribution in [1.29, 1.82) is 0 Å². The lowest BCUT2D eigenvalue weighted by atomic mass is 10.0. The molecule has 0 radical (unpaired) electrons. The van der Waals surface area contributed by atoms with Gasteiger partial charge in [0.05, 0.1) is 6.61 Å². The fourth-order valence-corrected chi connectivity index (χ4v) is 3.25. The summed E-state index contributed by atoms with van der Waals surface area (Å²) in [6.07, 6.45) is 17.4. The molecule has 0 spiro atoms. The first-order valence-corrected chi connectivity index (χ1v) is 11.5. The van der Waals surface area contributed by atoms with Crippen molar-refractivity contribution in [2.24, 2.45) is 0 Å². The van der Waals surface area contributed by atoms with E-state index in [1.165, 1.54) is 51.4 Å². The molecule has 0 saturated heterocycles. The zero-order valence-electron chi connectivity index (χ0n) is 17.4. The van der Waals surface area contributed by atoms with Gasteiger partial charge in [0, 0.05) is 19.3 Å². The minimum atomic E-state index is -0.686. The van der Waals surface area contributed by atoms with Crippen molar-refractivity contribution in [1.82, 2.24) is 0 Å². The number of aliphatic carboxylic acids is 1. The van der Waals surface area contributed by atoms with Gasteiger partial charge in [-0.2, -0.15) is 0 Å². The van der Waals surface area contributed by atoms with Gasteiger partial charge in [0.1, 0.15) is 0 Å². The molecule has 164 valence electrons. The van der Waals surface area contributed by atoms with Crippen LogP contribution in [0.3, 0.4) is 0 Å². The molecule has 0 aromatic rings. The predicted molar refractivity (Wildman–Crippen MR) is 113 cm³/mol. The molecule has 0 bridgehead atoms. The van der Waals surface area contributed by atoms with E-state index in [-0.39, 0.29) is 11.2 Å². The molecule has 0 aromatic carbocycles. The first-order valence-electron chi connectivity index (χ1n) is 11.1. The van der Waals surface area contributed by atoms with Gasteiger partial charge in [-0.3, -0.25) is 14.4 Å². The van der Waals surface area contributed by atoms with Gasteiger partial charge in [0.25, 0.3) is 0 Å². The molecule has 0 unspecified atom stereocenters. The van der Waals surface area contributed by atoms with Crippen LogP contribution in [0.1, 0.15) is 116 Å². The highest BCUT2D eigenvalue weighted by molar-refractivity contribution is 6.63. The number of hydrogen-bond acceptors (Lipinski definition) is 4. The number of carbonyl (C=O) groups excluding carboxylic acids is 2. The smallest absolute Gasteiger partial charge is 0.305 e. The Morgan fingerprint density at radius 1 is 0.571 bits per heavy atom. The summed E-state index contributed by atoms with van der Waals surface area (Å²) in [5, 5.41) is 8.21. The van der Waals surface area contributed by atoms with Crippen LogP contribution in [0.2, 0.25) is 0 Å². The lowest BCUT2D eigenvalue weighted by Crippen LogP contribution is -2.05. The molecule has 0 fully saturated rings. The Balaban J connectivity index is 3.14. The number of esters is 1. The van der Waals surface area contributed by atoms with Gasteiger partial charge in [0.15, 0.2) is 0 Å². The molecule has 0 atom stereocenters. The van der Waals surface area contributed by atoms with E-state index in [9.17, 15) is 14.4 Å². The molecular weight excluding hydrogens is 380 g/mol.